The number of thiophene rings is 1. The number of carbonyl (C=O) groups is 1. The molecule has 0 fully saturated rings. The van der Waals surface area contributed by atoms with Crippen LogP contribution in [0.15, 0.2) is 72.3 Å². The lowest BCUT2D eigenvalue weighted by molar-refractivity contribution is 0.0773. The fourth-order valence-corrected chi connectivity index (χ4v) is 4.31. The second-order valence-electron chi connectivity index (χ2n) is 7.30. The van der Waals surface area contributed by atoms with Crippen LogP contribution in [0.25, 0.3) is 21.5 Å². The van der Waals surface area contributed by atoms with Gasteiger partial charge in [-0.1, -0.05) is 48.6 Å². The van der Waals surface area contributed by atoms with E-state index in [1.54, 1.807) is 22.4 Å². The number of benzene rings is 1. The van der Waals surface area contributed by atoms with Crippen molar-refractivity contribution < 1.29 is 4.79 Å². The Morgan fingerprint density at radius 2 is 1.97 bits per heavy atom. The van der Waals surface area contributed by atoms with Crippen molar-refractivity contribution in [2.75, 3.05) is 13.1 Å². The fourth-order valence-electron chi connectivity index (χ4n) is 3.55. The molecular weight excluding hydrogens is 392 g/mol. The average molecular weight is 417 g/mol. The molecule has 30 heavy (non-hydrogen) atoms. The highest BCUT2D eigenvalue weighted by Gasteiger charge is 2.25. The third-order valence-electron chi connectivity index (χ3n) is 4.93. The third-order valence-corrected chi connectivity index (χ3v) is 5.83. The zero-order valence-corrected chi connectivity index (χ0v) is 18.0. The van der Waals surface area contributed by atoms with Crippen molar-refractivity contribution in [3.63, 3.8) is 0 Å². The minimum atomic E-state index is -0.0943. The summed E-state index contributed by atoms with van der Waals surface area (Å²) in [4.78, 5) is 21.0. The van der Waals surface area contributed by atoms with Gasteiger partial charge in [-0.05, 0) is 36.9 Å². The van der Waals surface area contributed by atoms with E-state index in [9.17, 15) is 4.79 Å². The number of rotatable bonds is 7. The summed E-state index contributed by atoms with van der Waals surface area (Å²) >= 11 is 1.65. The molecule has 0 unspecified atom stereocenters. The predicted molar refractivity (Wildman–Crippen MR) is 123 cm³/mol. The number of likely N-dealkylation sites (N-methyl/N-ethyl adjacent to an activating group) is 1. The zero-order valence-electron chi connectivity index (χ0n) is 17.2. The Bertz CT molecular complexity index is 1180. The van der Waals surface area contributed by atoms with Crippen LogP contribution in [0, 0.1) is 0 Å². The Morgan fingerprint density at radius 3 is 2.63 bits per heavy atom. The molecule has 0 saturated carbocycles. The van der Waals surface area contributed by atoms with Crippen molar-refractivity contribution >= 4 is 28.3 Å². The standard InChI is InChI=1S/C24H24N4OS/c1-4-27(15-17(2)3)24(29)22-21-19(20-11-8-14-30-20)12-13-25-23(21)28(26-22)16-18-9-6-5-7-10-18/h5-14H,2,4,15-16H2,1,3H3. The largest absolute Gasteiger partial charge is 0.334 e. The number of carbonyl (C=O) groups excluding carboxylic acids is 1. The van der Waals surface area contributed by atoms with E-state index in [0.717, 1.165) is 32.6 Å². The molecule has 0 saturated heterocycles. The van der Waals surface area contributed by atoms with E-state index in [2.05, 4.69) is 29.8 Å². The quantitative estimate of drug-likeness (QED) is 0.387. The third kappa shape index (κ3) is 3.91. The Hall–Kier alpha value is -3.25. The molecule has 0 aliphatic rings. The van der Waals surface area contributed by atoms with Crippen LogP contribution in [0.5, 0.6) is 0 Å². The highest BCUT2D eigenvalue weighted by atomic mass is 32.1. The fraction of sp³-hybridized carbons (Fsp3) is 0.208. The molecule has 1 amide bonds. The van der Waals surface area contributed by atoms with E-state index in [4.69, 9.17) is 5.10 Å². The van der Waals surface area contributed by atoms with E-state index in [-0.39, 0.29) is 5.91 Å². The van der Waals surface area contributed by atoms with E-state index in [1.807, 2.05) is 54.2 Å². The number of amides is 1. The normalized spacial score (nSPS) is 11.0. The van der Waals surface area contributed by atoms with Gasteiger partial charge in [0.1, 0.15) is 0 Å². The van der Waals surface area contributed by atoms with E-state index >= 15 is 0 Å². The van der Waals surface area contributed by atoms with E-state index < -0.39 is 0 Å². The maximum Gasteiger partial charge on any atom is 0.275 e. The van der Waals surface area contributed by atoms with E-state index in [1.165, 1.54) is 0 Å². The van der Waals surface area contributed by atoms with Crippen molar-refractivity contribution in [3.8, 4) is 10.4 Å². The summed E-state index contributed by atoms with van der Waals surface area (Å²) < 4.78 is 1.84. The lowest BCUT2D eigenvalue weighted by atomic mass is 10.1. The monoisotopic (exact) mass is 416 g/mol. The van der Waals surface area contributed by atoms with Gasteiger partial charge in [0.15, 0.2) is 11.3 Å². The van der Waals surface area contributed by atoms with Gasteiger partial charge in [0, 0.05) is 29.7 Å². The van der Waals surface area contributed by atoms with Crippen LogP contribution in [0.4, 0.5) is 0 Å². The second kappa shape index (κ2) is 8.63. The Balaban J connectivity index is 1.89. The minimum Gasteiger partial charge on any atom is -0.334 e. The van der Waals surface area contributed by atoms with Crippen molar-refractivity contribution in [1.29, 1.82) is 0 Å². The molecule has 5 nitrogen and oxygen atoms in total. The molecule has 0 N–H and O–H groups in total. The molecule has 0 spiro atoms. The molecule has 3 aromatic heterocycles. The Labute approximate surface area is 180 Å². The van der Waals surface area contributed by atoms with Crippen LogP contribution in [-0.2, 0) is 6.54 Å². The minimum absolute atomic E-state index is 0.0943. The molecule has 1 aromatic carbocycles. The molecule has 0 atom stereocenters. The molecule has 4 rings (SSSR count). The smallest absolute Gasteiger partial charge is 0.275 e. The maximum atomic E-state index is 13.5. The summed E-state index contributed by atoms with van der Waals surface area (Å²) in [5.74, 6) is -0.0943. The predicted octanol–water partition coefficient (Wildman–Crippen LogP) is 5.25. The maximum absolute atomic E-state index is 13.5. The van der Waals surface area contributed by atoms with Crippen molar-refractivity contribution in [3.05, 3.63) is 83.5 Å². The van der Waals surface area contributed by atoms with Gasteiger partial charge in [-0.25, -0.2) is 9.67 Å². The molecule has 4 aromatic rings. The van der Waals surface area contributed by atoms with Crippen molar-refractivity contribution in [2.45, 2.75) is 20.4 Å². The first-order valence-electron chi connectivity index (χ1n) is 9.95. The van der Waals surface area contributed by atoms with Gasteiger partial charge >= 0.3 is 0 Å². The van der Waals surface area contributed by atoms with Gasteiger partial charge in [-0.15, -0.1) is 11.3 Å². The van der Waals surface area contributed by atoms with Crippen LogP contribution in [0.2, 0.25) is 0 Å². The molecule has 152 valence electrons. The SMILES string of the molecule is C=C(C)CN(CC)C(=O)c1nn(Cc2ccccc2)c2nccc(-c3cccs3)c12. The van der Waals surface area contributed by atoms with Crippen LogP contribution in [0.1, 0.15) is 29.9 Å². The first kappa shape index (κ1) is 20.0. The second-order valence-corrected chi connectivity index (χ2v) is 8.25. The topological polar surface area (TPSA) is 51.0 Å². The number of fused-ring (bicyclic) bond motifs is 1. The number of pyridine rings is 1. The van der Waals surface area contributed by atoms with Crippen molar-refractivity contribution in [2.24, 2.45) is 0 Å². The summed E-state index contributed by atoms with van der Waals surface area (Å²) in [7, 11) is 0. The van der Waals surface area contributed by atoms with Gasteiger partial charge in [0.2, 0.25) is 0 Å². The van der Waals surface area contributed by atoms with E-state index in [0.29, 0.717) is 25.3 Å². The van der Waals surface area contributed by atoms with Gasteiger partial charge in [0.05, 0.1) is 11.9 Å². The first-order valence-corrected chi connectivity index (χ1v) is 10.8. The highest BCUT2D eigenvalue weighted by Crippen LogP contribution is 2.33. The van der Waals surface area contributed by atoms with Gasteiger partial charge in [0.25, 0.3) is 5.91 Å². The van der Waals surface area contributed by atoms with Gasteiger partial charge < -0.3 is 4.90 Å². The molecule has 6 heteroatoms. The lowest BCUT2D eigenvalue weighted by Gasteiger charge is -2.20. The van der Waals surface area contributed by atoms with Crippen molar-refractivity contribution in [1.82, 2.24) is 19.7 Å². The zero-order chi connectivity index (χ0) is 21.1. The number of nitrogens with zero attached hydrogens (tertiary/aromatic N) is 4. The molecule has 0 bridgehead atoms. The summed E-state index contributed by atoms with van der Waals surface area (Å²) in [5.41, 5.74) is 4.21. The van der Waals surface area contributed by atoms with Crippen LogP contribution < -0.4 is 0 Å². The van der Waals surface area contributed by atoms with Crippen LogP contribution in [-0.4, -0.2) is 38.7 Å². The number of hydrogen-bond donors (Lipinski definition) is 0. The molecule has 0 aliphatic carbocycles. The van der Waals surface area contributed by atoms with Gasteiger partial charge in [-0.2, -0.15) is 5.10 Å². The summed E-state index contributed by atoms with van der Waals surface area (Å²) in [6, 6.07) is 16.1. The lowest BCUT2D eigenvalue weighted by Crippen LogP contribution is -2.32. The highest BCUT2D eigenvalue weighted by molar-refractivity contribution is 7.13. The molecule has 3 heterocycles. The van der Waals surface area contributed by atoms with Gasteiger partial charge in [-0.3, -0.25) is 4.79 Å². The summed E-state index contributed by atoms with van der Waals surface area (Å²) in [5, 5.41) is 7.61. The Morgan fingerprint density at radius 1 is 1.17 bits per heavy atom. The number of aromatic nitrogens is 3. The molecule has 0 aliphatic heterocycles. The van der Waals surface area contributed by atoms with Crippen LogP contribution in [0.3, 0.4) is 0 Å². The first-order chi connectivity index (χ1) is 14.6. The average Bonchev–Trinajstić information content (AvgIpc) is 3.41. The summed E-state index contributed by atoms with van der Waals surface area (Å²) in [6.45, 7) is 9.53. The van der Waals surface area contributed by atoms with Crippen LogP contribution >= 0.6 is 11.3 Å². The molecular formula is C24H24N4OS. The Kier molecular flexibility index (Phi) is 5.77. The number of hydrogen-bond acceptors (Lipinski definition) is 4. The summed E-state index contributed by atoms with van der Waals surface area (Å²) in [6.07, 6.45) is 1.79. The molecule has 0 radical (unpaired) electrons.